The van der Waals surface area contributed by atoms with Crippen LogP contribution in [0, 0.1) is 0 Å². The molecule has 0 radical (unpaired) electrons. The lowest BCUT2D eigenvalue weighted by Crippen LogP contribution is -1.92. The molecule has 0 bridgehead atoms. The molecule has 10 nitrogen and oxygen atoms in total. The number of hydrogen-bond donors (Lipinski definition) is 9. The van der Waals surface area contributed by atoms with Crippen LogP contribution in [0.5, 0.6) is 0 Å². The molecule has 0 saturated heterocycles. The summed E-state index contributed by atoms with van der Waals surface area (Å²) in [5, 5.41) is 56.6. The van der Waals surface area contributed by atoms with E-state index in [4.69, 9.17) is 35.8 Å². The van der Waals surface area contributed by atoms with Crippen LogP contribution in [0.3, 0.4) is 0 Å². The number of nitrogens with zero attached hydrogens (tertiary/aromatic N) is 1. The highest BCUT2D eigenvalue weighted by atomic mass is 32.1. The van der Waals surface area contributed by atoms with Gasteiger partial charge in [-0.15, -0.1) is 5.16 Å². The van der Waals surface area contributed by atoms with Gasteiger partial charge in [-0.05, 0) is 12.8 Å². The molecule has 7 N–H and O–H groups in total. The molecule has 0 saturated carbocycles. The quantitative estimate of drug-likeness (QED) is 0.0849. The van der Waals surface area contributed by atoms with Crippen LogP contribution in [0.1, 0.15) is 32.6 Å². The minimum absolute atomic E-state index is 0.0833. The molecule has 0 aliphatic carbocycles. The normalized spacial score (nSPS) is 8.42. The second kappa shape index (κ2) is 43.9. The first-order chi connectivity index (χ1) is 12.3. The van der Waals surface area contributed by atoms with E-state index in [9.17, 15) is 9.59 Å². The van der Waals surface area contributed by atoms with Crippen LogP contribution in [0.2, 0.25) is 0 Å². The molecule has 0 spiro atoms. The number of oxime groups is 1. The maximum absolute atomic E-state index is 9.29. The van der Waals surface area contributed by atoms with Gasteiger partial charge in [0.05, 0.1) is 37.9 Å². The minimum atomic E-state index is -0.881. The molecule has 0 rings (SSSR count). The van der Waals surface area contributed by atoms with Gasteiger partial charge in [-0.25, -0.2) is 0 Å². The van der Waals surface area contributed by atoms with E-state index in [1.54, 1.807) is 0 Å². The molecule has 26 heavy (non-hydrogen) atoms. The Labute approximate surface area is 165 Å². The van der Waals surface area contributed by atoms with Gasteiger partial charge in [0.25, 0.3) is 0 Å². The summed E-state index contributed by atoms with van der Waals surface area (Å²) >= 11 is 6.83. The van der Waals surface area contributed by atoms with Gasteiger partial charge < -0.3 is 35.8 Å². The highest BCUT2D eigenvalue weighted by Gasteiger charge is 1.82. The lowest BCUT2D eigenvalue weighted by molar-refractivity contribution is -0.134. The van der Waals surface area contributed by atoms with E-state index in [0.717, 1.165) is 12.8 Å². The summed E-state index contributed by atoms with van der Waals surface area (Å²) in [6.45, 7) is 1.65. The first kappa shape index (κ1) is 36.0. The molecule has 0 aromatic carbocycles. The standard InChI is InChI=1S/C6H13NO.2C2H4O2S.2C2H6O2/c1-2-3-4-5-6-7-8;2*3-2(4)1-5;2*3-1-2-4/h6,8H,2-5H2,1H3;2*5H,1H2,(H,3,4);2*3-4H,1-2H2. The molecule has 0 atom stereocenters. The van der Waals surface area contributed by atoms with E-state index in [1.807, 2.05) is 0 Å². The third-order valence-corrected chi connectivity index (χ3v) is 2.03. The SMILES string of the molecule is CCCCCC=NO.O=C(O)CS.O=C(O)CS.OCCO.OCCO. The second-order valence-electron chi connectivity index (χ2n) is 3.79. The van der Waals surface area contributed by atoms with Crippen molar-refractivity contribution in [1.82, 2.24) is 0 Å². The van der Waals surface area contributed by atoms with E-state index in [-0.39, 0.29) is 37.9 Å². The van der Waals surface area contributed by atoms with E-state index in [1.165, 1.54) is 19.1 Å². The molecule has 160 valence electrons. The first-order valence-corrected chi connectivity index (χ1v) is 8.80. The van der Waals surface area contributed by atoms with Crippen LogP contribution in [-0.4, -0.2) is 91.9 Å². The molecule has 0 unspecified atom stereocenters. The highest BCUT2D eigenvalue weighted by molar-refractivity contribution is 7.81. The van der Waals surface area contributed by atoms with Crippen molar-refractivity contribution < 1.29 is 45.4 Å². The van der Waals surface area contributed by atoms with Crippen LogP contribution in [-0.2, 0) is 9.59 Å². The summed E-state index contributed by atoms with van der Waals surface area (Å²) in [5.41, 5.74) is 0. The predicted octanol–water partition coefficient (Wildman–Crippen LogP) is -0.0297. The lowest BCUT2D eigenvalue weighted by atomic mass is 10.2. The number of unbranched alkanes of at least 4 members (excludes halogenated alkanes) is 3. The number of carboxylic acids is 2. The molecular weight excluding hydrogens is 390 g/mol. The molecule has 0 aromatic heterocycles. The smallest absolute Gasteiger partial charge is 0.313 e. The van der Waals surface area contributed by atoms with Crippen molar-refractivity contribution in [1.29, 1.82) is 0 Å². The van der Waals surface area contributed by atoms with Crippen LogP contribution in [0.4, 0.5) is 0 Å². The van der Waals surface area contributed by atoms with E-state index < -0.39 is 11.9 Å². The van der Waals surface area contributed by atoms with Crippen molar-refractivity contribution in [2.24, 2.45) is 5.16 Å². The van der Waals surface area contributed by atoms with Crippen LogP contribution >= 0.6 is 25.3 Å². The molecule has 12 heteroatoms. The van der Waals surface area contributed by atoms with E-state index >= 15 is 0 Å². The zero-order valence-electron chi connectivity index (χ0n) is 14.9. The van der Waals surface area contributed by atoms with Crippen molar-refractivity contribution >= 4 is 43.4 Å². The zero-order chi connectivity index (χ0) is 21.6. The Hall–Kier alpha value is -1.05. The molecular formula is C14H33NO9S2. The molecule has 0 amide bonds. The van der Waals surface area contributed by atoms with Gasteiger partial charge in [-0.3, -0.25) is 9.59 Å². The summed E-state index contributed by atoms with van der Waals surface area (Å²) in [4.78, 5) is 18.6. The van der Waals surface area contributed by atoms with Crippen LogP contribution < -0.4 is 0 Å². The Morgan fingerprint density at radius 2 is 1.15 bits per heavy atom. The summed E-state index contributed by atoms with van der Waals surface area (Å²) in [6.07, 6.45) is 6.03. The molecule has 0 heterocycles. The second-order valence-corrected chi connectivity index (χ2v) is 4.42. The van der Waals surface area contributed by atoms with Gasteiger partial charge in [0, 0.05) is 6.21 Å². The van der Waals surface area contributed by atoms with Gasteiger partial charge in [0.1, 0.15) is 0 Å². The van der Waals surface area contributed by atoms with Gasteiger partial charge >= 0.3 is 11.9 Å². The summed E-state index contributed by atoms with van der Waals surface area (Å²) in [7, 11) is 0. The zero-order valence-corrected chi connectivity index (χ0v) is 16.7. The topological polar surface area (TPSA) is 188 Å². The fraction of sp³-hybridized carbons (Fsp3) is 0.786. The predicted molar refractivity (Wildman–Crippen MR) is 106 cm³/mol. The van der Waals surface area contributed by atoms with E-state index in [0.29, 0.717) is 0 Å². The van der Waals surface area contributed by atoms with Crippen LogP contribution in [0.15, 0.2) is 5.16 Å². The summed E-state index contributed by atoms with van der Waals surface area (Å²) in [6, 6.07) is 0. The number of hydrogen-bond acceptors (Lipinski definition) is 10. The van der Waals surface area contributed by atoms with Crippen molar-refractivity contribution in [3.05, 3.63) is 0 Å². The van der Waals surface area contributed by atoms with Crippen molar-refractivity contribution in [3.8, 4) is 0 Å². The summed E-state index contributed by atoms with van der Waals surface area (Å²) in [5.74, 6) is -1.93. The molecule has 0 fully saturated rings. The average Bonchev–Trinajstić information content (AvgIpc) is 2.66. The Bertz CT molecular complexity index is 261. The molecule has 0 aliphatic rings. The number of thiol groups is 2. The van der Waals surface area contributed by atoms with Crippen molar-refractivity contribution in [3.63, 3.8) is 0 Å². The maximum Gasteiger partial charge on any atom is 0.313 e. The minimum Gasteiger partial charge on any atom is -0.481 e. The van der Waals surface area contributed by atoms with Crippen molar-refractivity contribution in [2.75, 3.05) is 37.9 Å². The molecule has 0 aromatic rings. The fourth-order valence-electron chi connectivity index (χ4n) is 0.543. The molecule has 0 aliphatic heterocycles. The largest absolute Gasteiger partial charge is 0.481 e. The number of carbonyl (C=O) groups is 2. The number of rotatable bonds is 8. The third-order valence-electron chi connectivity index (χ3n) is 1.49. The fourth-order valence-corrected chi connectivity index (χ4v) is 0.543. The Morgan fingerprint density at radius 1 is 0.846 bits per heavy atom. The monoisotopic (exact) mass is 423 g/mol. The lowest BCUT2D eigenvalue weighted by Gasteiger charge is -1.87. The third kappa shape index (κ3) is 112. The number of aliphatic hydroxyl groups is 4. The maximum atomic E-state index is 9.29. The number of aliphatic hydroxyl groups excluding tert-OH is 4. The Balaban J connectivity index is -0.0000000730. The van der Waals surface area contributed by atoms with Gasteiger partial charge in [-0.2, -0.15) is 25.3 Å². The summed E-state index contributed by atoms with van der Waals surface area (Å²) < 4.78 is 0. The Kier molecular flexibility index (Phi) is 60.7. The Morgan fingerprint density at radius 3 is 1.31 bits per heavy atom. The van der Waals surface area contributed by atoms with Crippen LogP contribution in [0.25, 0.3) is 0 Å². The average molecular weight is 424 g/mol. The first-order valence-electron chi connectivity index (χ1n) is 7.53. The van der Waals surface area contributed by atoms with Gasteiger partial charge in [0.15, 0.2) is 0 Å². The van der Waals surface area contributed by atoms with Crippen molar-refractivity contribution in [2.45, 2.75) is 32.6 Å². The van der Waals surface area contributed by atoms with E-state index in [2.05, 4.69) is 37.3 Å². The van der Waals surface area contributed by atoms with Gasteiger partial charge in [0.2, 0.25) is 0 Å². The van der Waals surface area contributed by atoms with Gasteiger partial charge in [-0.1, -0.05) is 19.8 Å². The number of aliphatic carboxylic acids is 2. The highest BCUT2D eigenvalue weighted by Crippen LogP contribution is 1.95. The number of carboxylic acid groups (broad SMARTS) is 2.